The summed E-state index contributed by atoms with van der Waals surface area (Å²) in [6.45, 7) is 4.23. The third-order valence-corrected chi connectivity index (χ3v) is 3.98. The minimum absolute atomic E-state index is 0.0964. The van der Waals surface area contributed by atoms with Crippen LogP contribution in [0.3, 0.4) is 0 Å². The SMILES string of the molecule is Cc1nc(NCCCN(C)C)cc(C(=O)N(C)CCc2ccncc2)n1. The van der Waals surface area contributed by atoms with Gasteiger partial charge in [-0.1, -0.05) is 0 Å². The first kappa shape index (κ1) is 19.8. The maximum atomic E-state index is 12.7. The van der Waals surface area contributed by atoms with E-state index in [0.29, 0.717) is 23.9 Å². The van der Waals surface area contributed by atoms with Crippen LogP contribution in [0.25, 0.3) is 0 Å². The summed E-state index contributed by atoms with van der Waals surface area (Å²) >= 11 is 0. The fourth-order valence-corrected chi connectivity index (χ4v) is 2.52. The number of nitrogens with one attached hydrogen (secondary N) is 1. The van der Waals surface area contributed by atoms with Crippen LogP contribution in [0.15, 0.2) is 30.6 Å². The molecule has 0 saturated carbocycles. The summed E-state index contributed by atoms with van der Waals surface area (Å²) in [5.74, 6) is 1.19. The highest BCUT2D eigenvalue weighted by Crippen LogP contribution is 2.10. The molecule has 0 radical (unpaired) electrons. The fraction of sp³-hybridized carbons (Fsp3) is 0.474. The molecule has 0 aromatic carbocycles. The Morgan fingerprint density at radius 2 is 1.85 bits per heavy atom. The van der Waals surface area contributed by atoms with Crippen molar-refractivity contribution in [2.24, 2.45) is 0 Å². The predicted molar refractivity (Wildman–Crippen MR) is 103 cm³/mol. The second-order valence-electron chi connectivity index (χ2n) is 6.60. The Labute approximate surface area is 155 Å². The van der Waals surface area contributed by atoms with E-state index in [-0.39, 0.29) is 5.91 Å². The molecule has 0 aliphatic heterocycles. The van der Waals surface area contributed by atoms with Crippen LogP contribution < -0.4 is 5.32 Å². The molecule has 2 heterocycles. The number of carbonyl (C=O) groups is 1. The van der Waals surface area contributed by atoms with Crippen molar-refractivity contribution < 1.29 is 4.79 Å². The molecular weight excluding hydrogens is 328 g/mol. The van der Waals surface area contributed by atoms with Gasteiger partial charge in [0, 0.05) is 38.6 Å². The van der Waals surface area contributed by atoms with Crippen molar-refractivity contribution in [2.45, 2.75) is 19.8 Å². The minimum atomic E-state index is -0.0964. The molecule has 1 amide bonds. The van der Waals surface area contributed by atoms with E-state index in [1.165, 1.54) is 0 Å². The molecule has 2 aromatic heterocycles. The first-order valence-corrected chi connectivity index (χ1v) is 8.84. The van der Waals surface area contributed by atoms with E-state index < -0.39 is 0 Å². The number of hydrogen-bond acceptors (Lipinski definition) is 6. The summed E-state index contributed by atoms with van der Waals surface area (Å²) in [5, 5.41) is 3.28. The van der Waals surface area contributed by atoms with Crippen LogP contribution in [0.1, 0.15) is 28.3 Å². The van der Waals surface area contributed by atoms with Gasteiger partial charge in [-0.15, -0.1) is 0 Å². The summed E-state index contributed by atoms with van der Waals surface area (Å²) in [4.78, 5) is 29.2. The first-order valence-electron chi connectivity index (χ1n) is 8.84. The van der Waals surface area contributed by atoms with Crippen LogP contribution in [0.5, 0.6) is 0 Å². The first-order chi connectivity index (χ1) is 12.5. The fourth-order valence-electron chi connectivity index (χ4n) is 2.52. The lowest BCUT2D eigenvalue weighted by Crippen LogP contribution is -2.30. The summed E-state index contributed by atoms with van der Waals surface area (Å²) in [6.07, 6.45) is 5.31. The number of rotatable bonds is 9. The van der Waals surface area contributed by atoms with Gasteiger partial charge >= 0.3 is 0 Å². The van der Waals surface area contributed by atoms with E-state index in [0.717, 1.165) is 31.5 Å². The highest BCUT2D eigenvalue weighted by Gasteiger charge is 2.15. The van der Waals surface area contributed by atoms with Crippen molar-refractivity contribution in [1.29, 1.82) is 0 Å². The van der Waals surface area contributed by atoms with Crippen molar-refractivity contribution in [2.75, 3.05) is 46.1 Å². The Bertz CT molecular complexity index is 704. The Morgan fingerprint density at radius 3 is 2.54 bits per heavy atom. The summed E-state index contributed by atoms with van der Waals surface area (Å²) in [6, 6.07) is 5.65. The number of amides is 1. The van der Waals surface area contributed by atoms with E-state index in [1.54, 1.807) is 37.3 Å². The molecular formula is C19H28N6O. The molecule has 0 fully saturated rings. The van der Waals surface area contributed by atoms with Crippen molar-refractivity contribution in [3.05, 3.63) is 47.7 Å². The van der Waals surface area contributed by atoms with E-state index in [9.17, 15) is 4.79 Å². The van der Waals surface area contributed by atoms with Crippen LogP contribution in [0.4, 0.5) is 5.82 Å². The summed E-state index contributed by atoms with van der Waals surface area (Å²) in [7, 11) is 5.89. The zero-order valence-electron chi connectivity index (χ0n) is 16.1. The van der Waals surface area contributed by atoms with Crippen LogP contribution in [0.2, 0.25) is 0 Å². The lowest BCUT2D eigenvalue weighted by atomic mass is 10.2. The number of aryl methyl sites for hydroxylation is 1. The average Bonchev–Trinajstić information content (AvgIpc) is 2.63. The van der Waals surface area contributed by atoms with Gasteiger partial charge in [0.1, 0.15) is 17.3 Å². The summed E-state index contributed by atoms with van der Waals surface area (Å²) in [5.41, 5.74) is 1.58. The van der Waals surface area contributed by atoms with Crippen molar-refractivity contribution in [3.8, 4) is 0 Å². The van der Waals surface area contributed by atoms with E-state index in [2.05, 4.69) is 25.2 Å². The molecule has 0 saturated heterocycles. The van der Waals surface area contributed by atoms with Gasteiger partial charge in [-0.3, -0.25) is 9.78 Å². The van der Waals surface area contributed by atoms with Gasteiger partial charge in [-0.05, 0) is 58.1 Å². The second kappa shape index (κ2) is 9.82. The van der Waals surface area contributed by atoms with Gasteiger partial charge in [0.15, 0.2) is 0 Å². The number of pyridine rings is 1. The van der Waals surface area contributed by atoms with Gasteiger partial charge < -0.3 is 15.1 Å². The molecule has 140 valence electrons. The molecule has 0 unspecified atom stereocenters. The maximum Gasteiger partial charge on any atom is 0.272 e. The lowest BCUT2D eigenvalue weighted by Gasteiger charge is -2.17. The number of anilines is 1. The standard InChI is InChI=1S/C19H28N6O/c1-15-22-17(14-18(23-15)21-9-5-12-24(2)3)19(26)25(4)13-8-16-6-10-20-11-7-16/h6-7,10-11,14H,5,8-9,12-13H2,1-4H3,(H,21,22,23). The number of nitrogens with zero attached hydrogens (tertiary/aromatic N) is 5. The van der Waals surface area contributed by atoms with Gasteiger partial charge in [0.2, 0.25) is 0 Å². The van der Waals surface area contributed by atoms with E-state index >= 15 is 0 Å². The molecule has 7 heteroatoms. The van der Waals surface area contributed by atoms with E-state index in [1.807, 2.05) is 26.2 Å². The Morgan fingerprint density at radius 1 is 1.12 bits per heavy atom. The quantitative estimate of drug-likeness (QED) is 0.691. The molecule has 26 heavy (non-hydrogen) atoms. The average molecular weight is 356 g/mol. The molecule has 0 bridgehead atoms. The van der Waals surface area contributed by atoms with Gasteiger partial charge in [-0.2, -0.15) is 0 Å². The van der Waals surface area contributed by atoms with Gasteiger partial charge in [-0.25, -0.2) is 9.97 Å². The highest BCUT2D eigenvalue weighted by molar-refractivity contribution is 5.92. The monoisotopic (exact) mass is 356 g/mol. The third-order valence-electron chi connectivity index (χ3n) is 3.98. The molecule has 0 atom stereocenters. The molecule has 0 aliphatic carbocycles. The van der Waals surface area contributed by atoms with Crippen LogP contribution in [0, 0.1) is 6.92 Å². The van der Waals surface area contributed by atoms with Gasteiger partial charge in [0.25, 0.3) is 5.91 Å². The Balaban J connectivity index is 1.94. The van der Waals surface area contributed by atoms with Crippen LogP contribution in [-0.4, -0.2) is 71.4 Å². The third kappa shape index (κ3) is 6.40. The molecule has 2 rings (SSSR count). The van der Waals surface area contributed by atoms with E-state index in [4.69, 9.17) is 0 Å². The number of hydrogen-bond donors (Lipinski definition) is 1. The Kier molecular flexibility index (Phi) is 7.47. The second-order valence-corrected chi connectivity index (χ2v) is 6.60. The van der Waals surface area contributed by atoms with Crippen molar-refractivity contribution >= 4 is 11.7 Å². The molecule has 7 nitrogen and oxygen atoms in total. The lowest BCUT2D eigenvalue weighted by molar-refractivity contribution is 0.0790. The van der Waals surface area contributed by atoms with Crippen LogP contribution >= 0.6 is 0 Å². The largest absolute Gasteiger partial charge is 0.370 e. The minimum Gasteiger partial charge on any atom is -0.370 e. The number of likely N-dealkylation sites (N-methyl/N-ethyl adjacent to an activating group) is 1. The predicted octanol–water partition coefficient (Wildman–Crippen LogP) is 1.86. The maximum absolute atomic E-state index is 12.7. The molecule has 0 aliphatic rings. The summed E-state index contributed by atoms with van der Waals surface area (Å²) < 4.78 is 0. The molecule has 2 aromatic rings. The highest BCUT2D eigenvalue weighted by atomic mass is 16.2. The van der Waals surface area contributed by atoms with Crippen LogP contribution in [-0.2, 0) is 6.42 Å². The smallest absolute Gasteiger partial charge is 0.272 e. The Hall–Kier alpha value is -2.54. The topological polar surface area (TPSA) is 74.2 Å². The van der Waals surface area contributed by atoms with Crippen molar-refractivity contribution in [1.82, 2.24) is 24.8 Å². The zero-order chi connectivity index (χ0) is 18.9. The number of carbonyl (C=O) groups excluding carboxylic acids is 1. The number of aromatic nitrogens is 3. The normalized spacial score (nSPS) is 10.8. The molecule has 1 N–H and O–H groups in total. The van der Waals surface area contributed by atoms with Crippen molar-refractivity contribution in [3.63, 3.8) is 0 Å². The molecule has 0 spiro atoms. The van der Waals surface area contributed by atoms with Gasteiger partial charge in [0.05, 0.1) is 0 Å². The zero-order valence-corrected chi connectivity index (χ0v) is 16.1.